The minimum Gasteiger partial charge on any atom is -0.445 e. The molecule has 0 aromatic heterocycles. The zero-order valence-electron chi connectivity index (χ0n) is 18.8. The topological polar surface area (TPSA) is 80.8 Å². The number of Topliss-reactive ketones (excluding diaryl/α,β-unsaturated/α-hetero) is 1. The van der Waals surface area contributed by atoms with Gasteiger partial charge >= 0.3 is 5.97 Å². The Morgan fingerprint density at radius 3 is 1.92 bits per heavy atom. The van der Waals surface area contributed by atoms with E-state index >= 15 is 0 Å². The first-order valence-electron chi connectivity index (χ1n) is 11.1. The number of benzene rings is 4. The van der Waals surface area contributed by atoms with Crippen LogP contribution in [0.5, 0.6) is 0 Å². The van der Waals surface area contributed by atoms with Gasteiger partial charge in [-0.25, -0.2) is 9.69 Å². The van der Waals surface area contributed by atoms with Crippen LogP contribution in [0.1, 0.15) is 53.1 Å². The van der Waals surface area contributed by atoms with Crippen LogP contribution in [-0.4, -0.2) is 23.6 Å². The van der Waals surface area contributed by atoms with E-state index < -0.39 is 29.7 Å². The fraction of sp³-hybridized carbons (Fsp3) is 0.0345. The number of hydrogen-bond acceptors (Lipinski definition) is 5. The average Bonchev–Trinajstić information content (AvgIpc) is 3.17. The number of anilines is 1. The van der Waals surface area contributed by atoms with Crippen molar-refractivity contribution in [1.82, 2.24) is 0 Å². The number of nitrogens with zero attached hydrogens (tertiary/aromatic N) is 1. The van der Waals surface area contributed by atoms with Crippen LogP contribution in [0.25, 0.3) is 0 Å². The first-order chi connectivity index (χ1) is 17.4. The van der Waals surface area contributed by atoms with Crippen LogP contribution >= 0.6 is 11.6 Å². The molecule has 0 unspecified atom stereocenters. The lowest BCUT2D eigenvalue weighted by atomic mass is 9.99. The molecular formula is C29H18ClNO5. The van der Waals surface area contributed by atoms with Gasteiger partial charge in [-0.05, 0) is 42.5 Å². The molecule has 1 heterocycles. The summed E-state index contributed by atoms with van der Waals surface area (Å²) in [6, 6.07) is 27.5. The molecule has 0 N–H and O–H groups in total. The molecule has 4 aromatic rings. The molecule has 1 atom stereocenters. The van der Waals surface area contributed by atoms with Crippen molar-refractivity contribution >= 4 is 40.9 Å². The molecule has 0 saturated carbocycles. The molecule has 0 radical (unpaired) electrons. The number of ether oxygens (including phenoxy) is 1. The van der Waals surface area contributed by atoms with Gasteiger partial charge in [-0.15, -0.1) is 0 Å². The van der Waals surface area contributed by atoms with Crippen molar-refractivity contribution in [3.63, 3.8) is 0 Å². The van der Waals surface area contributed by atoms with Crippen molar-refractivity contribution in [3.05, 3.63) is 136 Å². The number of esters is 1. The number of ketones is 1. The maximum absolute atomic E-state index is 13.3. The molecule has 4 aromatic carbocycles. The molecule has 0 fully saturated rings. The van der Waals surface area contributed by atoms with Crippen LogP contribution in [0.15, 0.2) is 103 Å². The molecule has 36 heavy (non-hydrogen) atoms. The van der Waals surface area contributed by atoms with Crippen molar-refractivity contribution in [1.29, 1.82) is 0 Å². The Bertz CT molecular complexity index is 1460. The van der Waals surface area contributed by atoms with E-state index in [1.807, 2.05) is 0 Å². The summed E-state index contributed by atoms with van der Waals surface area (Å²) < 4.78 is 5.69. The second-order valence-corrected chi connectivity index (χ2v) is 8.55. The highest BCUT2D eigenvalue weighted by molar-refractivity contribution is 6.34. The van der Waals surface area contributed by atoms with Crippen molar-refractivity contribution < 1.29 is 23.9 Å². The molecule has 6 nitrogen and oxygen atoms in total. The highest BCUT2D eigenvalue weighted by Crippen LogP contribution is 2.30. The number of hydrogen-bond donors (Lipinski definition) is 0. The summed E-state index contributed by atoms with van der Waals surface area (Å²) in [5, 5.41) is 0.477. The summed E-state index contributed by atoms with van der Waals surface area (Å²) in [4.78, 5) is 53.2. The van der Waals surface area contributed by atoms with Crippen LogP contribution in [0.4, 0.5) is 5.69 Å². The van der Waals surface area contributed by atoms with Crippen molar-refractivity contribution in [3.8, 4) is 0 Å². The van der Waals surface area contributed by atoms with Crippen molar-refractivity contribution in [2.75, 3.05) is 4.90 Å². The molecule has 0 spiro atoms. The van der Waals surface area contributed by atoms with E-state index in [-0.39, 0.29) is 11.3 Å². The Morgan fingerprint density at radius 2 is 1.28 bits per heavy atom. The Labute approximate surface area is 211 Å². The molecule has 5 rings (SSSR count). The summed E-state index contributed by atoms with van der Waals surface area (Å²) in [5.74, 6) is -2.13. The van der Waals surface area contributed by atoms with Gasteiger partial charge in [0.25, 0.3) is 11.8 Å². The summed E-state index contributed by atoms with van der Waals surface area (Å²) >= 11 is 6.00. The summed E-state index contributed by atoms with van der Waals surface area (Å²) in [6.07, 6.45) is -1.22. The quantitative estimate of drug-likeness (QED) is 0.188. The molecule has 1 aliphatic rings. The largest absolute Gasteiger partial charge is 0.445 e. The van der Waals surface area contributed by atoms with Crippen LogP contribution in [0.3, 0.4) is 0 Å². The van der Waals surface area contributed by atoms with Crippen molar-refractivity contribution in [2.24, 2.45) is 0 Å². The number of amides is 2. The molecule has 2 amide bonds. The van der Waals surface area contributed by atoms with Gasteiger partial charge < -0.3 is 4.74 Å². The molecule has 7 heteroatoms. The standard InChI is InChI=1S/C29H18ClNO5/c30-21-15-13-19(14-16-21)26(25(32)18-7-2-1-3-8-18)36-29(35)20-9-6-10-22(17-20)31-27(33)23-11-4-5-12-24(23)28(31)34/h1-17,26H/t26-/m0/s1. The van der Waals surface area contributed by atoms with Gasteiger partial charge in [0.05, 0.1) is 22.4 Å². The Hall–Kier alpha value is -4.55. The predicted octanol–water partition coefficient (Wildman–Crippen LogP) is 5.92. The zero-order chi connectivity index (χ0) is 25.2. The molecule has 0 aliphatic carbocycles. The van der Waals surface area contributed by atoms with Gasteiger partial charge in [-0.3, -0.25) is 14.4 Å². The molecule has 1 aliphatic heterocycles. The highest BCUT2D eigenvalue weighted by Gasteiger charge is 2.36. The molecule has 0 saturated heterocycles. The van der Waals surface area contributed by atoms with Crippen LogP contribution in [0, 0.1) is 0 Å². The molecular weight excluding hydrogens is 478 g/mol. The number of halogens is 1. The number of carbonyl (C=O) groups is 4. The normalized spacial score (nSPS) is 13.3. The number of carbonyl (C=O) groups excluding carboxylic acids is 4. The Morgan fingerprint density at radius 1 is 0.694 bits per heavy atom. The minimum atomic E-state index is -1.22. The van der Waals surface area contributed by atoms with Gasteiger partial charge in [0.1, 0.15) is 0 Å². The number of fused-ring (bicyclic) bond motifs is 1. The van der Waals surface area contributed by atoms with E-state index in [9.17, 15) is 19.2 Å². The fourth-order valence-corrected chi connectivity index (χ4v) is 4.16. The van der Waals surface area contributed by atoms with E-state index in [1.165, 1.54) is 12.1 Å². The van der Waals surface area contributed by atoms with Gasteiger partial charge in [-0.1, -0.05) is 72.3 Å². The first kappa shape index (κ1) is 23.2. The maximum Gasteiger partial charge on any atom is 0.339 e. The van der Waals surface area contributed by atoms with Crippen LogP contribution < -0.4 is 4.90 Å². The van der Waals surface area contributed by atoms with Gasteiger partial charge in [-0.2, -0.15) is 0 Å². The smallest absolute Gasteiger partial charge is 0.339 e. The van der Waals surface area contributed by atoms with Crippen LogP contribution in [0.2, 0.25) is 5.02 Å². The molecule has 176 valence electrons. The van der Waals surface area contributed by atoms with E-state index in [4.69, 9.17) is 16.3 Å². The fourth-order valence-electron chi connectivity index (χ4n) is 4.04. The second-order valence-electron chi connectivity index (χ2n) is 8.11. The Balaban J connectivity index is 1.45. The lowest BCUT2D eigenvalue weighted by Crippen LogP contribution is -2.29. The summed E-state index contributed by atoms with van der Waals surface area (Å²) in [5.41, 5.74) is 1.75. The third-order valence-corrected chi connectivity index (χ3v) is 6.08. The van der Waals surface area contributed by atoms with Crippen molar-refractivity contribution in [2.45, 2.75) is 6.10 Å². The van der Waals surface area contributed by atoms with E-state index in [0.717, 1.165) is 4.90 Å². The van der Waals surface area contributed by atoms with E-state index in [0.29, 0.717) is 27.3 Å². The summed E-state index contributed by atoms with van der Waals surface area (Å²) in [6.45, 7) is 0. The SMILES string of the molecule is O=C(O[C@H](C(=O)c1ccccc1)c1ccc(Cl)cc1)c1cccc(N2C(=O)c3ccccc3C2=O)c1. The predicted molar refractivity (Wildman–Crippen MR) is 134 cm³/mol. The number of imide groups is 1. The monoisotopic (exact) mass is 495 g/mol. The summed E-state index contributed by atoms with van der Waals surface area (Å²) in [7, 11) is 0. The zero-order valence-corrected chi connectivity index (χ0v) is 19.5. The van der Waals surface area contributed by atoms with Gasteiger partial charge in [0.15, 0.2) is 6.10 Å². The first-order valence-corrected chi connectivity index (χ1v) is 11.5. The van der Waals surface area contributed by atoms with Gasteiger partial charge in [0.2, 0.25) is 5.78 Å². The van der Waals surface area contributed by atoms with Gasteiger partial charge in [0, 0.05) is 16.1 Å². The van der Waals surface area contributed by atoms with E-state index in [2.05, 4.69) is 0 Å². The average molecular weight is 496 g/mol. The third kappa shape index (κ3) is 4.30. The minimum absolute atomic E-state index is 0.0869. The maximum atomic E-state index is 13.3. The highest BCUT2D eigenvalue weighted by atomic mass is 35.5. The molecule has 0 bridgehead atoms. The second kappa shape index (κ2) is 9.60. The lowest BCUT2D eigenvalue weighted by molar-refractivity contribution is 0.0280. The number of rotatable bonds is 6. The Kier molecular flexibility index (Phi) is 6.19. The van der Waals surface area contributed by atoms with Crippen LogP contribution in [-0.2, 0) is 4.74 Å². The lowest BCUT2D eigenvalue weighted by Gasteiger charge is -2.19. The van der Waals surface area contributed by atoms with E-state index in [1.54, 1.807) is 91.0 Å². The third-order valence-electron chi connectivity index (χ3n) is 5.83.